The lowest BCUT2D eigenvalue weighted by Crippen LogP contribution is -2.06. The van der Waals surface area contributed by atoms with Gasteiger partial charge in [0.15, 0.2) is 0 Å². The monoisotopic (exact) mass is 362 g/mol. The third-order valence-corrected chi connectivity index (χ3v) is 4.57. The minimum Gasteiger partial charge on any atom is -0.392 e. The normalized spacial score (nSPS) is 11.1. The fourth-order valence-electron chi connectivity index (χ4n) is 3.06. The number of aliphatic hydroxyl groups is 1. The molecule has 0 fully saturated rings. The van der Waals surface area contributed by atoms with Gasteiger partial charge >= 0.3 is 0 Å². The van der Waals surface area contributed by atoms with E-state index in [4.69, 9.17) is 0 Å². The van der Waals surface area contributed by atoms with Crippen LogP contribution >= 0.6 is 0 Å². The lowest BCUT2D eigenvalue weighted by molar-refractivity contribution is 0.282. The van der Waals surface area contributed by atoms with Gasteiger partial charge in [0.2, 0.25) is 5.95 Å². The summed E-state index contributed by atoms with van der Waals surface area (Å²) in [7, 11) is 1.91. The van der Waals surface area contributed by atoms with Gasteiger partial charge in [0.25, 0.3) is 0 Å². The molecule has 0 aliphatic rings. The molecule has 0 aliphatic carbocycles. The number of rotatable bonds is 5. The highest BCUT2D eigenvalue weighted by Gasteiger charge is 2.11. The van der Waals surface area contributed by atoms with Crippen LogP contribution in [-0.2, 0) is 20.2 Å². The number of pyridine rings is 1. The first-order chi connectivity index (χ1) is 13.2. The second-order valence-electron chi connectivity index (χ2n) is 6.36. The number of imidazole rings is 1. The van der Waals surface area contributed by atoms with Crippen LogP contribution in [0.3, 0.4) is 0 Å². The smallest absolute Gasteiger partial charge is 0.203 e. The lowest BCUT2D eigenvalue weighted by Gasteiger charge is -2.07. The number of halogens is 1. The summed E-state index contributed by atoms with van der Waals surface area (Å²) >= 11 is 0. The molecule has 2 aromatic carbocycles. The predicted octanol–water partition coefficient (Wildman–Crippen LogP) is 3.88. The van der Waals surface area contributed by atoms with Crippen molar-refractivity contribution >= 4 is 17.0 Å². The number of hydrogen-bond acceptors (Lipinski definition) is 4. The van der Waals surface area contributed by atoms with Crippen molar-refractivity contribution in [3.05, 3.63) is 77.7 Å². The summed E-state index contributed by atoms with van der Waals surface area (Å²) in [4.78, 5) is 9.05. The number of aromatic nitrogens is 3. The molecule has 0 aliphatic heterocycles. The zero-order chi connectivity index (χ0) is 18.8. The predicted molar refractivity (Wildman–Crippen MR) is 104 cm³/mol. The molecule has 0 unspecified atom stereocenters. The molecule has 2 aromatic heterocycles. The first-order valence-corrected chi connectivity index (χ1v) is 8.65. The van der Waals surface area contributed by atoms with Gasteiger partial charge in [-0.2, -0.15) is 0 Å². The van der Waals surface area contributed by atoms with E-state index in [9.17, 15) is 9.50 Å². The van der Waals surface area contributed by atoms with Crippen molar-refractivity contribution in [2.75, 3.05) is 5.32 Å². The zero-order valence-corrected chi connectivity index (χ0v) is 14.9. The van der Waals surface area contributed by atoms with Crippen molar-refractivity contribution in [1.29, 1.82) is 0 Å². The van der Waals surface area contributed by atoms with E-state index in [-0.39, 0.29) is 12.4 Å². The molecule has 0 saturated carbocycles. The van der Waals surface area contributed by atoms with Crippen LogP contribution in [0.1, 0.15) is 11.1 Å². The molecule has 0 amide bonds. The third-order valence-electron chi connectivity index (χ3n) is 4.57. The number of nitrogens with one attached hydrogen (secondary N) is 1. The van der Waals surface area contributed by atoms with Crippen molar-refractivity contribution in [3.8, 4) is 11.3 Å². The van der Waals surface area contributed by atoms with E-state index in [0.29, 0.717) is 18.1 Å². The molecule has 4 rings (SSSR count). The van der Waals surface area contributed by atoms with Crippen LogP contribution in [0.25, 0.3) is 22.3 Å². The quantitative estimate of drug-likeness (QED) is 0.566. The molecule has 0 spiro atoms. The average molecular weight is 362 g/mol. The Morgan fingerprint density at radius 3 is 2.78 bits per heavy atom. The Hall–Kier alpha value is -3.25. The summed E-state index contributed by atoms with van der Waals surface area (Å²) in [6, 6.07) is 16.3. The molecule has 0 bridgehead atoms. The number of aliphatic hydroxyl groups excluding tert-OH is 1. The molecule has 4 aromatic rings. The topological polar surface area (TPSA) is 63.0 Å². The number of hydrogen-bond donors (Lipinski definition) is 2. The average Bonchev–Trinajstić information content (AvgIpc) is 3.02. The van der Waals surface area contributed by atoms with Gasteiger partial charge in [0, 0.05) is 24.7 Å². The summed E-state index contributed by atoms with van der Waals surface area (Å²) < 4.78 is 15.7. The van der Waals surface area contributed by atoms with Gasteiger partial charge in [-0.3, -0.25) is 4.98 Å². The molecular formula is C21H19FN4O. The van der Waals surface area contributed by atoms with Crippen molar-refractivity contribution in [2.24, 2.45) is 7.05 Å². The Labute approximate surface area is 156 Å². The summed E-state index contributed by atoms with van der Waals surface area (Å²) in [5.41, 5.74) is 4.85. The van der Waals surface area contributed by atoms with Crippen LogP contribution in [0, 0.1) is 5.82 Å². The summed E-state index contributed by atoms with van der Waals surface area (Å²) in [5.74, 6) is 0.410. The third kappa shape index (κ3) is 3.39. The van der Waals surface area contributed by atoms with E-state index < -0.39 is 0 Å². The molecule has 0 radical (unpaired) electrons. The maximum Gasteiger partial charge on any atom is 0.203 e. The molecule has 0 atom stereocenters. The molecule has 2 heterocycles. The maximum atomic E-state index is 13.8. The van der Waals surface area contributed by atoms with Gasteiger partial charge in [-0.15, -0.1) is 0 Å². The summed E-state index contributed by atoms with van der Waals surface area (Å²) in [6.45, 7) is 0.342. The highest BCUT2D eigenvalue weighted by molar-refractivity contribution is 5.82. The Morgan fingerprint density at radius 2 is 1.96 bits per heavy atom. The van der Waals surface area contributed by atoms with E-state index in [1.54, 1.807) is 18.3 Å². The van der Waals surface area contributed by atoms with Gasteiger partial charge in [0.05, 0.1) is 24.0 Å². The molecule has 5 nitrogen and oxygen atoms in total. The fraction of sp³-hybridized carbons (Fsp3) is 0.143. The van der Waals surface area contributed by atoms with E-state index in [1.165, 1.54) is 6.07 Å². The Morgan fingerprint density at radius 1 is 1.11 bits per heavy atom. The highest BCUT2D eigenvalue weighted by Crippen LogP contribution is 2.25. The first-order valence-electron chi connectivity index (χ1n) is 8.65. The SMILES string of the molecule is Cn1c(NCc2ccccc2F)nc2cnc(-c3cccc(CO)c3)cc21. The highest BCUT2D eigenvalue weighted by atomic mass is 19.1. The molecule has 136 valence electrons. The maximum absolute atomic E-state index is 13.8. The molecule has 0 saturated heterocycles. The van der Waals surface area contributed by atoms with Crippen LogP contribution in [0.4, 0.5) is 10.3 Å². The van der Waals surface area contributed by atoms with Gasteiger partial charge < -0.3 is 15.0 Å². The Kier molecular flexibility index (Phi) is 4.56. The number of anilines is 1. The van der Waals surface area contributed by atoms with E-state index >= 15 is 0 Å². The van der Waals surface area contributed by atoms with Gasteiger partial charge in [-0.25, -0.2) is 9.37 Å². The van der Waals surface area contributed by atoms with Crippen molar-refractivity contribution in [1.82, 2.24) is 14.5 Å². The minimum atomic E-state index is -0.239. The fourth-order valence-corrected chi connectivity index (χ4v) is 3.06. The van der Waals surface area contributed by atoms with E-state index in [0.717, 1.165) is 27.9 Å². The lowest BCUT2D eigenvalue weighted by atomic mass is 10.1. The second-order valence-corrected chi connectivity index (χ2v) is 6.36. The van der Waals surface area contributed by atoms with E-state index in [1.807, 2.05) is 48.0 Å². The summed E-state index contributed by atoms with van der Waals surface area (Å²) in [5, 5.41) is 12.5. The largest absolute Gasteiger partial charge is 0.392 e. The van der Waals surface area contributed by atoms with Gasteiger partial charge in [-0.05, 0) is 23.8 Å². The van der Waals surface area contributed by atoms with Crippen LogP contribution in [0.2, 0.25) is 0 Å². The van der Waals surface area contributed by atoms with Crippen LogP contribution in [0.5, 0.6) is 0 Å². The van der Waals surface area contributed by atoms with Crippen LogP contribution in [-0.4, -0.2) is 19.6 Å². The molecular weight excluding hydrogens is 343 g/mol. The van der Waals surface area contributed by atoms with Crippen molar-refractivity contribution < 1.29 is 9.50 Å². The van der Waals surface area contributed by atoms with Crippen molar-refractivity contribution in [2.45, 2.75) is 13.2 Å². The van der Waals surface area contributed by atoms with Crippen molar-refractivity contribution in [3.63, 3.8) is 0 Å². The molecule has 6 heteroatoms. The number of aryl methyl sites for hydroxylation is 1. The Bertz CT molecular complexity index is 1110. The molecule has 2 N–H and O–H groups in total. The first kappa shape index (κ1) is 17.2. The minimum absolute atomic E-state index is 0.00803. The summed E-state index contributed by atoms with van der Waals surface area (Å²) in [6.07, 6.45) is 1.73. The number of fused-ring (bicyclic) bond motifs is 1. The van der Waals surface area contributed by atoms with Gasteiger partial charge in [-0.1, -0.05) is 36.4 Å². The standard InChI is InChI=1S/C21H19FN4O/c1-26-20-10-18(15-7-4-5-14(9-15)13-27)23-12-19(20)25-21(26)24-11-16-6-2-3-8-17(16)22/h2-10,12,27H,11,13H2,1H3,(H,24,25). The van der Waals surface area contributed by atoms with E-state index in [2.05, 4.69) is 15.3 Å². The second kappa shape index (κ2) is 7.17. The zero-order valence-electron chi connectivity index (χ0n) is 14.9. The molecule has 27 heavy (non-hydrogen) atoms. The number of benzene rings is 2. The number of nitrogens with zero attached hydrogens (tertiary/aromatic N) is 3. The Balaban J connectivity index is 1.65. The van der Waals surface area contributed by atoms with Crippen LogP contribution < -0.4 is 5.32 Å². The van der Waals surface area contributed by atoms with Crippen LogP contribution in [0.15, 0.2) is 60.8 Å². The van der Waals surface area contributed by atoms with Gasteiger partial charge in [0.1, 0.15) is 11.3 Å².